The molecule has 1 amide bonds. The predicted molar refractivity (Wildman–Crippen MR) is 63.2 cm³/mol. The first-order chi connectivity index (χ1) is 7.77. The van der Waals surface area contributed by atoms with Gasteiger partial charge in [-0.3, -0.25) is 4.90 Å². The van der Waals surface area contributed by atoms with Crippen molar-refractivity contribution in [2.45, 2.75) is 13.3 Å². The fourth-order valence-corrected chi connectivity index (χ4v) is 1.27. The highest BCUT2D eigenvalue weighted by Gasteiger charge is 2.13. The van der Waals surface area contributed by atoms with Gasteiger partial charge in [0, 0.05) is 6.54 Å². The Labute approximate surface area is 96.0 Å². The molecule has 0 unspecified atom stereocenters. The number of hydrogen-bond donors (Lipinski definition) is 0. The molecule has 0 aliphatic rings. The van der Waals surface area contributed by atoms with E-state index in [1.807, 2.05) is 25.1 Å². The zero-order chi connectivity index (χ0) is 11.8. The molecule has 84 valence electrons. The number of rotatable bonds is 4. The minimum atomic E-state index is -0.397. The van der Waals surface area contributed by atoms with Gasteiger partial charge in [0.1, 0.15) is 5.75 Å². The van der Waals surface area contributed by atoms with E-state index in [0.717, 1.165) is 6.42 Å². The van der Waals surface area contributed by atoms with Gasteiger partial charge in [0.15, 0.2) is 0 Å². The number of benzene rings is 1. The molecule has 0 fully saturated rings. The molecule has 0 aromatic heterocycles. The topological polar surface area (TPSA) is 29.5 Å². The summed E-state index contributed by atoms with van der Waals surface area (Å²) in [6.45, 7) is 2.87. The van der Waals surface area contributed by atoms with Crippen molar-refractivity contribution in [2.75, 3.05) is 13.1 Å². The normalized spacial score (nSPS) is 9.25. The molecule has 0 radical (unpaired) electrons. The Morgan fingerprint density at radius 2 is 2.12 bits per heavy atom. The second-order valence-corrected chi connectivity index (χ2v) is 3.31. The second kappa shape index (κ2) is 6.52. The van der Waals surface area contributed by atoms with Gasteiger partial charge in [-0.2, -0.15) is 0 Å². The van der Waals surface area contributed by atoms with Gasteiger partial charge in [-0.15, -0.1) is 6.42 Å². The van der Waals surface area contributed by atoms with E-state index < -0.39 is 6.09 Å². The van der Waals surface area contributed by atoms with Crippen LogP contribution in [0.3, 0.4) is 0 Å². The molecule has 3 heteroatoms. The molecular formula is C13H15NO2. The van der Waals surface area contributed by atoms with E-state index in [2.05, 4.69) is 5.92 Å². The summed E-state index contributed by atoms with van der Waals surface area (Å²) in [7, 11) is 0. The Kier molecular flexibility index (Phi) is 4.94. The first kappa shape index (κ1) is 12.1. The van der Waals surface area contributed by atoms with Crippen LogP contribution in [0.1, 0.15) is 13.3 Å². The average molecular weight is 217 g/mol. The highest BCUT2D eigenvalue weighted by Crippen LogP contribution is 2.10. The van der Waals surface area contributed by atoms with Crippen LogP contribution >= 0.6 is 0 Å². The van der Waals surface area contributed by atoms with E-state index in [1.165, 1.54) is 4.90 Å². The first-order valence-electron chi connectivity index (χ1n) is 5.23. The van der Waals surface area contributed by atoms with Crippen LogP contribution in [0, 0.1) is 12.3 Å². The number of carbonyl (C=O) groups excluding carboxylic acids is 1. The van der Waals surface area contributed by atoms with Crippen LogP contribution in [0.25, 0.3) is 0 Å². The molecule has 3 nitrogen and oxygen atoms in total. The van der Waals surface area contributed by atoms with Crippen molar-refractivity contribution in [3.63, 3.8) is 0 Å². The molecule has 1 aromatic rings. The van der Waals surface area contributed by atoms with Gasteiger partial charge in [-0.25, -0.2) is 4.79 Å². The summed E-state index contributed by atoms with van der Waals surface area (Å²) < 4.78 is 5.17. The fourth-order valence-electron chi connectivity index (χ4n) is 1.27. The van der Waals surface area contributed by atoms with Crippen molar-refractivity contribution in [2.24, 2.45) is 0 Å². The third-order valence-electron chi connectivity index (χ3n) is 1.98. The summed E-state index contributed by atoms with van der Waals surface area (Å²) >= 11 is 0. The number of hydrogen-bond acceptors (Lipinski definition) is 2. The molecule has 16 heavy (non-hydrogen) atoms. The largest absolute Gasteiger partial charge is 0.416 e. The van der Waals surface area contributed by atoms with Gasteiger partial charge in [0.25, 0.3) is 0 Å². The second-order valence-electron chi connectivity index (χ2n) is 3.31. The molecule has 0 aliphatic carbocycles. The molecule has 0 heterocycles. The maximum Gasteiger partial charge on any atom is 0.416 e. The van der Waals surface area contributed by atoms with Crippen molar-refractivity contribution >= 4 is 6.09 Å². The number of ether oxygens (including phenoxy) is 1. The quantitative estimate of drug-likeness (QED) is 0.725. The lowest BCUT2D eigenvalue weighted by atomic mass is 10.3. The molecule has 0 bridgehead atoms. The minimum Gasteiger partial charge on any atom is -0.410 e. The smallest absolute Gasteiger partial charge is 0.410 e. The number of carbonyl (C=O) groups is 1. The fraction of sp³-hybridized carbons (Fsp3) is 0.308. The SMILES string of the molecule is C#CCN(CCC)C(=O)Oc1ccccc1. The molecule has 0 aliphatic heterocycles. The van der Waals surface area contributed by atoms with Gasteiger partial charge in [0.05, 0.1) is 6.54 Å². The van der Waals surface area contributed by atoms with E-state index in [-0.39, 0.29) is 6.54 Å². The van der Waals surface area contributed by atoms with Crippen molar-refractivity contribution in [1.82, 2.24) is 4.90 Å². The highest BCUT2D eigenvalue weighted by molar-refractivity contribution is 5.70. The number of terminal acetylenes is 1. The molecule has 0 saturated heterocycles. The Morgan fingerprint density at radius 3 is 2.69 bits per heavy atom. The Balaban J connectivity index is 2.59. The summed E-state index contributed by atoms with van der Waals surface area (Å²) in [6, 6.07) is 8.96. The monoisotopic (exact) mass is 217 g/mol. The Hall–Kier alpha value is -1.95. The van der Waals surface area contributed by atoms with Crippen LogP contribution in [-0.4, -0.2) is 24.1 Å². The van der Waals surface area contributed by atoms with E-state index in [1.54, 1.807) is 12.1 Å². The van der Waals surface area contributed by atoms with Gasteiger partial charge >= 0.3 is 6.09 Å². The van der Waals surface area contributed by atoms with E-state index >= 15 is 0 Å². The first-order valence-corrected chi connectivity index (χ1v) is 5.23. The van der Waals surface area contributed by atoms with Crippen LogP contribution in [-0.2, 0) is 0 Å². The zero-order valence-electron chi connectivity index (χ0n) is 9.35. The third kappa shape index (κ3) is 3.66. The summed E-state index contributed by atoms with van der Waals surface area (Å²) in [5.74, 6) is 2.98. The third-order valence-corrected chi connectivity index (χ3v) is 1.98. The van der Waals surface area contributed by atoms with Gasteiger partial charge < -0.3 is 4.74 Å². The summed E-state index contributed by atoms with van der Waals surface area (Å²) in [6.07, 6.45) is 5.65. The lowest BCUT2D eigenvalue weighted by molar-refractivity contribution is 0.158. The molecule has 0 N–H and O–H groups in total. The summed E-state index contributed by atoms with van der Waals surface area (Å²) in [5.41, 5.74) is 0. The number of para-hydroxylation sites is 1. The van der Waals surface area contributed by atoms with E-state index in [0.29, 0.717) is 12.3 Å². The summed E-state index contributed by atoms with van der Waals surface area (Å²) in [5, 5.41) is 0. The predicted octanol–water partition coefficient (Wildman–Crippen LogP) is 2.53. The maximum atomic E-state index is 11.7. The highest BCUT2D eigenvalue weighted by atomic mass is 16.6. The molecule has 0 atom stereocenters. The van der Waals surface area contributed by atoms with Crippen LogP contribution in [0.5, 0.6) is 5.75 Å². The van der Waals surface area contributed by atoms with Gasteiger partial charge in [0.2, 0.25) is 0 Å². The van der Waals surface area contributed by atoms with Crippen molar-refractivity contribution < 1.29 is 9.53 Å². The number of amides is 1. The van der Waals surface area contributed by atoms with Gasteiger partial charge in [-0.1, -0.05) is 31.0 Å². The average Bonchev–Trinajstić information content (AvgIpc) is 2.30. The standard InChI is InChI=1S/C13H15NO2/c1-3-10-14(11-4-2)13(15)16-12-8-6-5-7-9-12/h1,5-9H,4,10-11H2,2H3. The molecule has 0 saturated carbocycles. The van der Waals surface area contributed by atoms with Crippen molar-refractivity contribution in [3.05, 3.63) is 30.3 Å². The van der Waals surface area contributed by atoms with Crippen molar-refractivity contribution in [3.8, 4) is 18.1 Å². The molecule has 1 rings (SSSR count). The molecule has 1 aromatic carbocycles. The van der Waals surface area contributed by atoms with Crippen LogP contribution in [0.4, 0.5) is 4.79 Å². The van der Waals surface area contributed by atoms with Crippen LogP contribution in [0.2, 0.25) is 0 Å². The van der Waals surface area contributed by atoms with E-state index in [9.17, 15) is 4.79 Å². The van der Waals surface area contributed by atoms with Crippen LogP contribution in [0.15, 0.2) is 30.3 Å². The molecular weight excluding hydrogens is 202 g/mol. The van der Waals surface area contributed by atoms with E-state index in [4.69, 9.17) is 11.2 Å². The lowest BCUT2D eigenvalue weighted by Crippen LogP contribution is -2.34. The van der Waals surface area contributed by atoms with Crippen molar-refractivity contribution in [1.29, 1.82) is 0 Å². The molecule has 0 spiro atoms. The summed E-state index contributed by atoms with van der Waals surface area (Å²) in [4.78, 5) is 13.2. The Bertz CT molecular complexity index is 367. The Morgan fingerprint density at radius 1 is 1.44 bits per heavy atom. The van der Waals surface area contributed by atoms with Crippen LogP contribution < -0.4 is 4.74 Å². The number of nitrogens with zero attached hydrogens (tertiary/aromatic N) is 1. The lowest BCUT2D eigenvalue weighted by Gasteiger charge is -2.18. The van der Waals surface area contributed by atoms with Gasteiger partial charge in [-0.05, 0) is 18.6 Å². The minimum absolute atomic E-state index is 0.277. The maximum absolute atomic E-state index is 11.7. The zero-order valence-corrected chi connectivity index (χ0v) is 9.35.